The number of nitrogens with one attached hydrogen (secondary N) is 2. The molecular weight excluding hydrogens is 683 g/mol. The SMILES string of the molecule is CCCCCCCCCCCC(=O)O.Cc1cn(-c2cc(NC(=O)c3ccc(C)c(Nc4nccc(-c5cccnc5)n4)c3)cc(C(F)(F)F)c2)cn1. The summed E-state index contributed by atoms with van der Waals surface area (Å²) in [5.41, 5.74) is 3.09. The number of nitrogens with zero attached hydrogens (tertiary/aromatic N) is 5. The maximum Gasteiger partial charge on any atom is 0.416 e. The molecule has 0 bridgehead atoms. The molecule has 3 heterocycles. The number of alkyl halides is 3. The van der Waals surface area contributed by atoms with Gasteiger partial charge in [0.1, 0.15) is 0 Å². The lowest BCUT2D eigenvalue weighted by atomic mass is 10.1. The van der Waals surface area contributed by atoms with Gasteiger partial charge in [-0.1, -0.05) is 64.4 Å². The van der Waals surface area contributed by atoms with Crippen LogP contribution in [0.25, 0.3) is 16.9 Å². The number of anilines is 3. The third-order valence-electron chi connectivity index (χ3n) is 8.37. The summed E-state index contributed by atoms with van der Waals surface area (Å²) in [6, 6.07) is 13.7. The summed E-state index contributed by atoms with van der Waals surface area (Å²) >= 11 is 0. The van der Waals surface area contributed by atoms with Crippen LogP contribution in [0.2, 0.25) is 0 Å². The Hall–Kier alpha value is -5.59. The minimum Gasteiger partial charge on any atom is -0.481 e. The molecule has 0 saturated heterocycles. The van der Waals surface area contributed by atoms with Crippen LogP contribution in [0.5, 0.6) is 0 Å². The number of pyridine rings is 1. The van der Waals surface area contributed by atoms with Crippen molar-refractivity contribution in [2.75, 3.05) is 10.6 Å². The van der Waals surface area contributed by atoms with Crippen molar-refractivity contribution in [2.24, 2.45) is 0 Å². The van der Waals surface area contributed by atoms with Crippen LogP contribution in [0, 0.1) is 13.8 Å². The first kappa shape index (κ1) is 40.2. The van der Waals surface area contributed by atoms with E-state index in [2.05, 4.69) is 37.5 Å². The first-order valence-corrected chi connectivity index (χ1v) is 17.8. The van der Waals surface area contributed by atoms with Gasteiger partial charge in [-0.3, -0.25) is 14.6 Å². The Kier molecular flexibility index (Phi) is 15.1. The Morgan fingerprint density at radius 1 is 0.868 bits per heavy atom. The average Bonchev–Trinajstić information content (AvgIpc) is 3.58. The molecule has 0 unspecified atom stereocenters. The number of carbonyl (C=O) groups is 2. The second-order valence-electron chi connectivity index (χ2n) is 12.8. The zero-order valence-electron chi connectivity index (χ0n) is 30.3. The van der Waals surface area contributed by atoms with E-state index in [0.717, 1.165) is 36.1 Å². The number of carboxylic acid groups (broad SMARTS) is 1. The van der Waals surface area contributed by atoms with Crippen LogP contribution < -0.4 is 10.6 Å². The predicted molar refractivity (Wildman–Crippen MR) is 200 cm³/mol. The highest BCUT2D eigenvalue weighted by molar-refractivity contribution is 6.05. The van der Waals surface area contributed by atoms with Crippen LogP contribution in [0.4, 0.5) is 30.5 Å². The third-order valence-corrected chi connectivity index (χ3v) is 8.37. The van der Waals surface area contributed by atoms with E-state index in [1.165, 1.54) is 61.9 Å². The molecule has 0 aliphatic rings. The number of aryl methyl sites for hydroxylation is 2. The Morgan fingerprint density at radius 3 is 2.25 bits per heavy atom. The average molecular weight is 730 g/mol. The van der Waals surface area contributed by atoms with Crippen molar-refractivity contribution in [1.29, 1.82) is 0 Å². The summed E-state index contributed by atoms with van der Waals surface area (Å²) < 4.78 is 42.3. The van der Waals surface area contributed by atoms with E-state index in [1.54, 1.807) is 62.0 Å². The lowest BCUT2D eigenvalue weighted by molar-refractivity contribution is -0.138. The van der Waals surface area contributed by atoms with E-state index in [0.29, 0.717) is 29.4 Å². The number of hydrogen-bond acceptors (Lipinski definition) is 7. The van der Waals surface area contributed by atoms with Crippen molar-refractivity contribution in [1.82, 2.24) is 24.5 Å². The first-order chi connectivity index (χ1) is 25.4. The van der Waals surface area contributed by atoms with Crippen molar-refractivity contribution >= 4 is 29.2 Å². The number of aromatic nitrogens is 5. The number of rotatable bonds is 16. The molecule has 5 aromatic rings. The molecule has 0 radical (unpaired) electrons. The van der Waals surface area contributed by atoms with E-state index in [9.17, 15) is 22.8 Å². The van der Waals surface area contributed by atoms with Crippen LogP contribution in [0.1, 0.15) is 98.3 Å². The Morgan fingerprint density at radius 2 is 1.60 bits per heavy atom. The fourth-order valence-corrected chi connectivity index (χ4v) is 5.46. The van der Waals surface area contributed by atoms with E-state index in [1.807, 2.05) is 13.0 Å². The van der Waals surface area contributed by atoms with Crippen LogP contribution >= 0.6 is 0 Å². The molecule has 2 aromatic carbocycles. The molecule has 0 aliphatic carbocycles. The predicted octanol–water partition coefficient (Wildman–Crippen LogP) is 10.3. The monoisotopic (exact) mass is 729 g/mol. The van der Waals surface area contributed by atoms with E-state index >= 15 is 0 Å². The van der Waals surface area contributed by atoms with Gasteiger partial charge >= 0.3 is 12.1 Å². The third kappa shape index (κ3) is 13.2. The summed E-state index contributed by atoms with van der Waals surface area (Å²) in [6.07, 6.45) is 14.9. The van der Waals surface area contributed by atoms with Gasteiger partial charge in [0.25, 0.3) is 5.91 Å². The lowest BCUT2D eigenvalue weighted by Gasteiger charge is -2.14. The van der Waals surface area contributed by atoms with Crippen LogP contribution in [-0.2, 0) is 11.0 Å². The zero-order chi connectivity index (χ0) is 38.2. The van der Waals surface area contributed by atoms with Crippen molar-refractivity contribution in [2.45, 2.75) is 91.2 Å². The smallest absolute Gasteiger partial charge is 0.416 e. The standard InChI is InChI=1S/C28H22F3N7O.C12H24O2/c1-17-5-6-19(10-25(17)37-27-33-9-7-24(36-27)20-4-3-8-32-14-20)26(39)35-22-11-21(28(29,30)31)12-23(13-22)38-15-18(2)34-16-38;1-2-3-4-5-6-7-8-9-10-11-12(13)14/h3-16H,1-2H3,(H,35,39)(H,33,36,37);2-11H2,1H3,(H,13,14). The molecule has 0 saturated carbocycles. The molecule has 10 nitrogen and oxygen atoms in total. The van der Waals surface area contributed by atoms with Crippen LogP contribution in [0.15, 0.2) is 85.7 Å². The van der Waals surface area contributed by atoms with Crippen molar-refractivity contribution in [3.05, 3.63) is 108 Å². The van der Waals surface area contributed by atoms with Crippen molar-refractivity contribution in [3.63, 3.8) is 0 Å². The van der Waals surface area contributed by atoms with E-state index in [-0.39, 0.29) is 16.9 Å². The van der Waals surface area contributed by atoms with Crippen LogP contribution in [-0.4, -0.2) is 41.5 Å². The van der Waals surface area contributed by atoms with Crippen molar-refractivity contribution < 1.29 is 27.9 Å². The van der Waals surface area contributed by atoms with Gasteiger partial charge in [0.15, 0.2) is 0 Å². The summed E-state index contributed by atoms with van der Waals surface area (Å²) in [4.78, 5) is 40.3. The second kappa shape index (κ2) is 19.9. The highest BCUT2D eigenvalue weighted by Gasteiger charge is 2.31. The zero-order valence-corrected chi connectivity index (χ0v) is 30.3. The molecule has 5 rings (SSSR count). The maximum absolute atomic E-state index is 13.6. The fourth-order valence-electron chi connectivity index (χ4n) is 5.46. The molecule has 53 heavy (non-hydrogen) atoms. The molecule has 280 valence electrons. The number of imidazole rings is 1. The number of benzene rings is 2. The number of carboxylic acids is 1. The van der Waals surface area contributed by atoms with Crippen molar-refractivity contribution in [3.8, 4) is 16.9 Å². The molecule has 13 heteroatoms. The van der Waals surface area contributed by atoms with Gasteiger partial charge in [-0.15, -0.1) is 0 Å². The number of amides is 1. The summed E-state index contributed by atoms with van der Waals surface area (Å²) in [6.45, 7) is 5.81. The second-order valence-corrected chi connectivity index (χ2v) is 12.8. The van der Waals surface area contributed by atoms with Gasteiger partial charge in [-0.05, 0) is 74.4 Å². The highest BCUT2D eigenvalue weighted by atomic mass is 19.4. The van der Waals surface area contributed by atoms with E-state index < -0.39 is 23.6 Å². The number of unbranched alkanes of at least 4 members (excludes halogenated alkanes) is 8. The first-order valence-electron chi connectivity index (χ1n) is 17.8. The molecule has 0 aliphatic heterocycles. The molecule has 0 atom stereocenters. The number of aliphatic carboxylic acids is 1. The van der Waals surface area contributed by atoms with Gasteiger partial charge in [0.2, 0.25) is 5.95 Å². The Bertz CT molecular complexity index is 1930. The number of carbonyl (C=O) groups excluding carboxylic acids is 1. The fraction of sp³-hybridized carbons (Fsp3) is 0.350. The lowest BCUT2D eigenvalue weighted by Crippen LogP contribution is -2.14. The quantitative estimate of drug-likeness (QED) is 0.0854. The van der Waals surface area contributed by atoms with Gasteiger partial charge in [0, 0.05) is 59.4 Å². The Balaban J connectivity index is 0.000000381. The minimum absolute atomic E-state index is 0.00114. The molecule has 3 N–H and O–H groups in total. The molecule has 0 fully saturated rings. The van der Waals surface area contributed by atoms with Crippen LogP contribution in [0.3, 0.4) is 0 Å². The number of halogens is 3. The minimum atomic E-state index is -4.60. The highest BCUT2D eigenvalue weighted by Crippen LogP contribution is 2.33. The summed E-state index contributed by atoms with van der Waals surface area (Å²) in [7, 11) is 0. The Labute approximate surface area is 308 Å². The van der Waals surface area contributed by atoms with Gasteiger partial charge in [0.05, 0.1) is 23.3 Å². The van der Waals surface area contributed by atoms with Gasteiger partial charge in [-0.2, -0.15) is 13.2 Å². The molecular formula is C40H46F3N7O3. The van der Waals surface area contributed by atoms with E-state index in [4.69, 9.17) is 5.11 Å². The normalized spacial score (nSPS) is 11.1. The molecule has 1 amide bonds. The maximum atomic E-state index is 13.6. The van der Waals surface area contributed by atoms with Gasteiger partial charge in [-0.25, -0.2) is 15.0 Å². The summed E-state index contributed by atoms with van der Waals surface area (Å²) in [5.74, 6) is -0.918. The molecule has 0 spiro atoms. The number of hydrogen-bond donors (Lipinski definition) is 3. The van der Waals surface area contributed by atoms with Gasteiger partial charge < -0.3 is 20.3 Å². The topological polar surface area (TPSA) is 135 Å². The summed E-state index contributed by atoms with van der Waals surface area (Å²) in [5, 5.41) is 14.1. The largest absolute Gasteiger partial charge is 0.481 e. The molecule has 3 aromatic heterocycles.